The van der Waals surface area contributed by atoms with Crippen LogP contribution in [0.15, 0.2) is 39.8 Å². The van der Waals surface area contributed by atoms with Gasteiger partial charge in [-0.3, -0.25) is 0 Å². The number of fused-ring (bicyclic) bond motifs is 1. The van der Waals surface area contributed by atoms with Crippen LogP contribution < -0.4 is 5.73 Å². The van der Waals surface area contributed by atoms with E-state index in [-0.39, 0.29) is 0 Å². The van der Waals surface area contributed by atoms with E-state index in [0.717, 1.165) is 14.6 Å². The fourth-order valence-corrected chi connectivity index (χ4v) is 3.94. The predicted molar refractivity (Wildman–Crippen MR) is 82.1 cm³/mol. The third-order valence-corrected chi connectivity index (χ3v) is 5.13. The van der Waals surface area contributed by atoms with E-state index in [1.165, 1.54) is 23.1 Å². The summed E-state index contributed by atoms with van der Waals surface area (Å²) in [4.78, 5) is 8.68. The molecule has 0 bridgehead atoms. The number of halogens is 1. The summed E-state index contributed by atoms with van der Waals surface area (Å²) in [7, 11) is 0. The van der Waals surface area contributed by atoms with Gasteiger partial charge in [0.15, 0.2) is 4.34 Å². The van der Waals surface area contributed by atoms with Gasteiger partial charge in [-0.05, 0) is 36.0 Å². The monoisotopic (exact) mass is 318 g/mol. The van der Waals surface area contributed by atoms with Crippen molar-refractivity contribution in [3.05, 3.63) is 41.0 Å². The first-order chi connectivity index (χ1) is 9.67. The van der Waals surface area contributed by atoms with Crippen molar-refractivity contribution in [2.75, 3.05) is 5.73 Å². The molecule has 2 heterocycles. The van der Waals surface area contributed by atoms with Crippen molar-refractivity contribution >= 4 is 50.6 Å². The lowest BCUT2D eigenvalue weighted by Crippen LogP contribution is -1.85. The summed E-state index contributed by atoms with van der Waals surface area (Å²) in [5, 5.41) is 9.90. The highest BCUT2D eigenvalue weighted by molar-refractivity contribution is 8.01. The first kappa shape index (κ1) is 13.2. The number of hydrogen-bond donors (Lipinski definition) is 1. The number of nitrogens with two attached hydrogens (primary N) is 1. The summed E-state index contributed by atoms with van der Waals surface area (Å²) in [5.41, 5.74) is 7.76. The van der Waals surface area contributed by atoms with Gasteiger partial charge in [0, 0.05) is 11.9 Å². The van der Waals surface area contributed by atoms with E-state index in [4.69, 9.17) is 22.6 Å². The van der Waals surface area contributed by atoms with Crippen molar-refractivity contribution in [3.8, 4) is 6.07 Å². The second-order valence-electron chi connectivity index (χ2n) is 3.90. The molecular weight excluding hydrogens is 312 g/mol. The van der Waals surface area contributed by atoms with Crippen LogP contribution in [0.2, 0.25) is 5.02 Å². The van der Waals surface area contributed by atoms with E-state index in [0.29, 0.717) is 21.3 Å². The van der Waals surface area contributed by atoms with E-state index in [1.807, 2.05) is 24.3 Å². The summed E-state index contributed by atoms with van der Waals surface area (Å²) in [6.45, 7) is 0. The maximum absolute atomic E-state index is 8.96. The maximum atomic E-state index is 8.96. The highest BCUT2D eigenvalue weighted by Gasteiger charge is 2.12. The molecule has 0 aliphatic carbocycles. The van der Waals surface area contributed by atoms with Crippen molar-refractivity contribution in [1.82, 2.24) is 9.97 Å². The van der Waals surface area contributed by atoms with E-state index >= 15 is 0 Å². The average molecular weight is 319 g/mol. The number of pyridine rings is 1. The third-order valence-electron chi connectivity index (χ3n) is 2.55. The van der Waals surface area contributed by atoms with Gasteiger partial charge >= 0.3 is 0 Å². The molecule has 0 radical (unpaired) electrons. The zero-order valence-electron chi connectivity index (χ0n) is 10.0. The van der Waals surface area contributed by atoms with Crippen LogP contribution in [0.25, 0.3) is 10.2 Å². The van der Waals surface area contributed by atoms with E-state index in [9.17, 15) is 0 Å². The fourth-order valence-electron chi connectivity index (χ4n) is 1.63. The number of rotatable bonds is 2. The molecule has 0 amide bonds. The van der Waals surface area contributed by atoms with Gasteiger partial charge in [0.1, 0.15) is 11.1 Å². The molecular formula is C13H7ClN4S2. The summed E-state index contributed by atoms with van der Waals surface area (Å²) < 4.78 is 1.83. The van der Waals surface area contributed by atoms with Gasteiger partial charge in [0.05, 0.1) is 20.8 Å². The molecule has 4 nitrogen and oxygen atoms in total. The Kier molecular flexibility index (Phi) is 3.49. The molecule has 0 aliphatic rings. The standard InChI is InChI=1S/C13H7ClN4S2/c14-11-7(6-15)3-4-17-12(11)20-13-18-9-2-1-8(16)5-10(9)19-13/h1-5H,16H2. The predicted octanol–water partition coefficient (Wildman–Crippen LogP) is 3.95. The van der Waals surface area contributed by atoms with Gasteiger partial charge in [0.25, 0.3) is 0 Å². The molecule has 1 aromatic carbocycles. The number of benzene rings is 1. The molecule has 2 aromatic heterocycles. The van der Waals surface area contributed by atoms with Crippen LogP contribution in [0.3, 0.4) is 0 Å². The SMILES string of the molecule is N#Cc1ccnc(Sc2nc3ccc(N)cc3s2)c1Cl. The van der Waals surface area contributed by atoms with E-state index < -0.39 is 0 Å². The quantitative estimate of drug-likeness (QED) is 0.724. The van der Waals surface area contributed by atoms with Gasteiger partial charge in [-0.2, -0.15) is 5.26 Å². The number of nitriles is 1. The third kappa shape index (κ3) is 2.43. The number of anilines is 1. The molecule has 0 spiro atoms. The topological polar surface area (TPSA) is 75.6 Å². The van der Waals surface area contributed by atoms with Crippen molar-refractivity contribution in [3.63, 3.8) is 0 Å². The fraction of sp³-hybridized carbons (Fsp3) is 0. The number of thiazole rings is 1. The molecule has 98 valence electrons. The zero-order valence-corrected chi connectivity index (χ0v) is 12.4. The Balaban J connectivity index is 1.99. The molecule has 3 rings (SSSR count). The van der Waals surface area contributed by atoms with Crippen molar-refractivity contribution < 1.29 is 0 Å². The van der Waals surface area contributed by atoms with Crippen LogP contribution in [0.5, 0.6) is 0 Å². The number of hydrogen-bond acceptors (Lipinski definition) is 6. The summed E-state index contributed by atoms with van der Waals surface area (Å²) in [5.74, 6) is 0. The molecule has 0 unspecified atom stereocenters. The van der Waals surface area contributed by atoms with Crippen molar-refractivity contribution in [2.45, 2.75) is 9.37 Å². The van der Waals surface area contributed by atoms with Crippen LogP contribution >= 0.6 is 34.7 Å². The Morgan fingerprint density at radius 1 is 1.35 bits per heavy atom. The maximum Gasteiger partial charge on any atom is 0.157 e. The van der Waals surface area contributed by atoms with Gasteiger partial charge < -0.3 is 5.73 Å². The Morgan fingerprint density at radius 3 is 3.00 bits per heavy atom. The highest BCUT2D eigenvalue weighted by Crippen LogP contribution is 2.37. The molecule has 2 N–H and O–H groups in total. The Bertz CT molecular complexity index is 838. The van der Waals surface area contributed by atoms with Crippen LogP contribution in [-0.2, 0) is 0 Å². The van der Waals surface area contributed by atoms with Gasteiger partial charge in [-0.25, -0.2) is 9.97 Å². The summed E-state index contributed by atoms with van der Waals surface area (Å²) >= 11 is 9.00. The number of aromatic nitrogens is 2. The molecule has 0 fully saturated rings. The Labute approximate surface area is 128 Å². The van der Waals surface area contributed by atoms with Crippen LogP contribution in [0.4, 0.5) is 5.69 Å². The number of nitrogen functional groups attached to an aromatic ring is 1. The van der Waals surface area contributed by atoms with Crippen LogP contribution in [0, 0.1) is 11.3 Å². The lowest BCUT2D eigenvalue weighted by molar-refractivity contribution is 1.12. The zero-order chi connectivity index (χ0) is 14.1. The largest absolute Gasteiger partial charge is 0.399 e. The lowest BCUT2D eigenvalue weighted by Gasteiger charge is -2.00. The van der Waals surface area contributed by atoms with Crippen LogP contribution in [-0.4, -0.2) is 9.97 Å². The average Bonchev–Trinajstić information content (AvgIpc) is 2.82. The van der Waals surface area contributed by atoms with E-state index in [2.05, 4.69) is 9.97 Å². The van der Waals surface area contributed by atoms with Gasteiger partial charge in [0.2, 0.25) is 0 Å². The van der Waals surface area contributed by atoms with Gasteiger partial charge in [-0.15, -0.1) is 11.3 Å². The van der Waals surface area contributed by atoms with Crippen LogP contribution in [0.1, 0.15) is 5.56 Å². The first-order valence-electron chi connectivity index (χ1n) is 5.56. The molecule has 7 heteroatoms. The van der Waals surface area contributed by atoms with Crippen molar-refractivity contribution in [2.24, 2.45) is 0 Å². The highest BCUT2D eigenvalue weighted by atomic mass is 35.5. The minimum atomic E-state index is 0.360. The second kappa shape index (κ2) is 5.29. The smallest absolute Gasteiger partial charge is 0.157 e. The summed E-state index contributed by atoms with van der Waals surface area (Å²) in [6.07, 6.45) is 1.57. The molecule has 0 saturated carbocycles. The molecule has 0 aliphatic heterocycles. The lowest BCUT2D eigenvalue weighted by atomic mass is 10.3. The van der Waals surface area contributed by atoms with Crippen molar-refractivity contribution in [1.29, 1.82) is 5.26 Å². The van der Waals surface area contributed by atoms with E-state index in [1.54, 1.807) is 12.3 Å². The minimum Gasteiger partial charge on any atom is -0.399 e. The Morgan fingerprint density at radius 2 is 2.20 bits per heavy atom. The molecule has 20 heavy (non-hydrogen) atoms. The normalized spacial score (nSPS) is 10.6. The van der Waals surface area contributed by atoms with Gasteiger partial charge in [-0.1, -0.05) is 11.6 Å². The molecule has 0 atom stereocenters. The summed E-state index contributed by atoms with van der Waals surface area (Å²) in [6, 6.07) is 9.21. The molecule has 0 saturated heterocycles. The number of nitrogens with zero attached hydrogens (tertiary/aromatic N) is 3. The molecule has 3 aromatic rings. The minimum absolute atomic E-state index is 0.360. The second-order valence-corrected chi connectivity index (χ2v) is 6.54. The first-order valence-corrected chi connectivity index (χ1v) is 7.57. The Hall–Kier alpha value is -1.81.